The predicted octanol–water partition coefficient (Wildman–Crippen LogP) is 6.36. The molecule has 0 spiro atoms. The number of carbonyl (C=O) groups is 2. The molecule has 4 nitrogen and oxygen atoms in total. The fourth-order valence-corrected chi connectivity index (χ4v) is 5.75. The fraction of sp³-hybridized carbons (Fsp3) is 0.417. The van der Waals surface area contributed by atoms with Gasteiger partial charge in [0, 0.05) is 13.5 Å². The van der Waals surface area contributed by atoms with Crippen LogP contribution in [0.15, 0.2) is 36.4 Å². The lowest BCUT2D eigenvalue weighted by molar-refractivity contribution is 0.104. The van der Waals surface area contributed by atoms with Gasteiger partial charge in [0.25, 0.3) is 0 Å². The van der Waals surface area contributed by atoms with Gasteiger partial charge < -0.3 is 9.47 Å². The maximum atomic E-state index is 13.8. The van der Waals surface area contributed by atoms with Crippen LogP contribution < -0.4 is 9.47 Å². The van der Waals surface area contributed by atoms with E-state index >= 15 is 0 Å². The van der Waals surface area contributed by atoms with Gasteiger partial charge in [-0.2, -0.15) is 0 Å². The zero-order chi connectivity index (χ0) is 21.6. The molecule has 2 unspecified atom stereocenters. The first-order valence-electron chi connectivity index (χ1n) is 10.2. The molecule has 2 aromatic rings. The average Bonchev–Trinajstić information content (AvgIpc) is 2.68. The highest BCUT2D eigenvalue weighted by Gasteiger charge is 2.36. The molecular formula is C24H31O4P. The van der Waals surface area contributed by atoms with Crippen molar-refractivity contribution in [3.05, 3.63) is 58.7 Å². The molecule has 0 fully saturated rings. The molecule has 0 N–H and O–H groups in total. The molecule has 29 heavy (non-hydrogen) atoms. The Bertz CT molecular complexity index is 831. The minimum absolute atomic E-state index is 0.0480. The quantitative estimate of drug-likeness (QED) is 0.424. The van der Waals surface area contributed by atoms with E-state index in [1.807, 2.05) is 65.8 Å². The summed E-state index contributed by atoms with van der Waals surface area (Å²) in [6.07, 6.45) is 0.745. The van der Waals surface area contributed by atoms with Gasteiger partial charge in [0.1, 0.15) is 17.1 Å². The molecule has 5 heteroatoms. The van der Waals surface area contributed by atoms with Crippen molar-refractivity contribution >= 4 is 19.0 Å². The number of aryl methyl sites for hydroxylation is 2. The molecule has 0 aliphatic carbocycles. The van der Waals surface area contributed by atoms with Gasteiger partial charge >= 0.3 is 0 Å². The monoisotopic (exact) mass is 414 g/mol. The summed E-state index contributed by atoms with van der Waals surface area (Å²) in [6.45, 7) is 12.5. The molecular weight excluding hydrogens is 383 g/mol. The number of benzene rings is 2. The van der Waals surface area contributed by atoms with Crippen molar-refractivity contribution in [1.29, 1.82) is 0 Å². The van der Waals surface area contributed by atoms with E-state index in [1.165, 1.54) is 0 Å². The molecule has 0 heterocycles. The normalized spacial score (nSPS) is 12.9. The van der Waals surface area contributed by atoms with Gasteiger partial charge in [0.15, 0.2) is 11.0 Å². The predicted molar refractivity (Wildman–Crippen MR) is 120 cm³/mol. The average molecular weight is 414 g/mol. The van der Waals surface area contributed by atoms with Gasteiger partial charge in [-0.1, -0.05) is 38.1 Å². The van der Waals surface area contributed by atoms with Crippen molar-refractivity contribution in [2.45, 2.75) is 53.6 Å². The van der Waals surface area contributed by atoms with Gasteiger partial charge in [-0.15, -0.1) is 0 Å². The van der Waals surface area contributed by atoms with Crippen molar-refractivity contribution in [3.63, 3.8) is 0 Å². The van der Waals surface area contributed by atoms with E-state index in [0.717, 1.165) is 17.5 Å². The zero-order valence-electron chi connectivity index (χ0n) is 18.2. The molecule has 0 aliphatic rings. The fourth-order valence-electron chi connectivity index (χ4n) is 3.34. The Kier molecular flexibility index (Phi) is 8.40. The standard InChI is InChI=1S/C24H31O4P/c1-7-18(6)29(23(25)21-16(4)12-10-13-17(21)5)24(26)22-19(27-8-2)14-11-15-20(22)28-9-3/h10-15,18H,7-9H2,1-6H3. The van der Waals surface area contributed by atoms with Crippen molar-refractivity contribution in [2.24, 2.45) is 0 Å². The van der Waals surface area contributed by atoms with Crippen molar-refractivity contribution in [3.8, 4) is 11.5 Å². The zero-order valence-corrected chi connectivity index (χ0v) is 19.1. The van der Waals surface area contributed by atoms with Crippen molar-refractivity contribution < 1.29 is 19.1 Å². The lowest BCUT2D eigenvalue weighted by Crippen LogP contribution is -2.18. The van der Waals surface area contributed by atoms with E-state index in [0.29, 0.717) is 35.8 Å². The molecule has 2 aromatic carbocycles. The lowest BCUT2D eigenvalue weighted by atomic mass is 10.0. The molecule has 0 radical (unpaired) electrons. The molecule has 0 saturated heterocycles. The first-order chi connectivity index (χ1) is 13.9. The summed E-state index contributed by atoms with van der Waals surface area (Å²) in [4.78, 5) is 27.5. The highest BCUT2D eigenvalue weighted by molar-refractivity contribution is 7.90. The van der Waals surface area contributed by atoms with Crippen LogP contribution in [0, 0.1) is 13.8 Å². The Balaban J connectivity index is 2.63. The summed E-state index contributed by atoms with van der Waals surface area (Å²) < 4.78 is 11.5. The first kappa shape index (κ1) is 23.1. The van der Waals surface area contributed by atoms with Crippen LogP contribution in [0.25, 0.3) is 0 Å². The molecule has 0 bridgehead atoms. The van der Waals surface area contributed by atoms with Crippen LogP contribution >= 0.6 is 7.92 Å². The number of hydrogen-bond donors (Lipinski definition) is 0. The van der Waals surface area contributed by atoms with Crippen LogP contribution in [-0.4, -0.2) is 29.9 Å². The maximum Gasteiger partial charge on any atom is 0.199 e. The van der Waals surface area contributed by atoms with Gasteiger partial charge in [-0.25, -0.2) is 0 Å². The second kappa shape index (κ2) is 10.5. The molecule has 0 saturated carbocycles. The number of ether oxygens (including phenoxy) is 2. The van der Waals surface area contributed by atoms with Crippen LogP contribution in [0.4, 0.5) is 0 Å². The van der Waals surface area contributed by atoms with Crippen LogP contribution in [0.3, 0.4) is 0 Å². The molecule has 156 valence electrons. The molecule has 2 rings (SSSR count). The SMILES string of the molecule is CCOc1cccc(OCC)c1C(=O)P(C(=O)c1c(C)cccc1C)C(C)CC. The van der Waals surface area contributed by atoms with E-state index in [9.17, 15) is 9.59 Å². The third-order valence-corrected chi connectivity index (χ3v) is 7.53. The Morgan fingerprint density at radius 2 is 1.28 bits per heavy atom. The number of hydrogen-bond acceptors (Lipinski definition) is 4. The van der Waals surface area contributed by atoms with Gasteiger partial charge in [-0.05, 0) is 63.0 Å². The Hall–Kier alpha value is -2.19. The van der Waals surface area contributed by atoms with E-state index in [2.05, 4.69) is 0 Å². The molecule has 0 aromatic heterocycles. The number of carbonyl (C=O) groups excluding carboxylic acids is 2. The van der Waals surface area contributed by atoms with Gasteiger partial charge in [0.05, 0.1) is 13.2 Å². The molecule has 0 amide bonds. The summed E-state index contributed by atoms with van der Waals surface area (Å²) in [5.74, 6) is 0.960. The van der Waals surface area contributed by atoms with Crippen molar-refractivity contribution in [2.75, 3.05) is 13.2 Å². The third kappa shape index (κ3) is 5.05. The smallest absolute Gasteiger partial charge is 0.199 e. The van der Waals surface area contributed by atoms with E-state index in [-0.39, 0.29) is 16.7 Å². The van der Waals surface area contributed by atoms with E-state index in [4.69, 9.17) is 9.47 Å². The molecule has 0 aliphatic heterocycles. The Labute approximate surface area is 175 Å². The highest BCUT2D eigenvalue weighted by atomic mass is 31.1. The highest BCUT2D eigenvalue weighted by Crippen LogP contribution is 2.52. The van der Waals surface area contributed by atoms with Crippen LogP contribution in [-0.2, 0) is 0 Å². The second-order valence-electron chi connectivity index (χ2n) is 7.00. The van der Waals surface area contributed by atoms with E-state index in [1.54, 1.807) is 12.1 Å². The maximum absolute atomic E-state index is 13.8. The van der Waals surface area contributed by atoms with E-state index < -0.39 is 7.92 Å². The van der Waals surface area contributed by atoms with Gasteiger partial charge in [-0.3, -0.25) is 9.59 Å². The van der Waals surface area contributed by atoms with Gasteiger partial charge in [0.2, 0.25) is 0 Å². The third-order valence-electron chi connectivity index (χ3n) is 4.97. The minimum Gasteiger partial charge on any atom is -0.493 e. The summed E-state index contributed by atoms with van der Waals surface area (Å²) >= 11 is 0. The van der Waals surface area contributed by atoms with Crippen LogP contribution in [0.1, 0.15) is 66.0 Å². The summed E-state index contributed by atoms with van der Waals surface area (Å²) in [7, 11) is -1.62. The topological polar surface area (TPSA) is 52.6 Å². The molecule has 2 atom stereocenters. The minimum atomic E-state index is -1.62. The Morgan fingerprint density at radius 1 is 0.828 bits per heavy atom. The van der Waals surface area contributed by atoms with Crippen molar-refractivity contribution in [1.82, 2.24) is 0 Å². The second-order valence-corrected chi connectivity index (χ2v) is 9.43. The van der Waals surface area contributed by atoms with Crippen LogP contribution in [0.5, 0.6) is 11.5 Å². The summed E-state index contributed by atoms with van der Waals surface area (Å²) in [5.41, 5.74) is 2.58. The summed E-state index contributed by atoms with van der Waals surface area (Å²) in [6, 6.07) is 11.1. The lowest BCUT2D eigenvalue weighted by Gasteiger charge is -2.24. The summed E-state index contributed by atoms with van der Waals surface area (Å²) in [5, 5.41) is 0. The largest absolute Gasteiger partial charge is 0.493 e. The van der Waals surface area contributed by atoms with Crippen LogP contribution in [0.2, 0.25) is 0 Å². The Morgan fingerprint density at radius 3 is 1.72 bits per heavy atom. The number of rotatable bonds is 10. The first-order valence-corrected chi connectivity index (χ1v) is 11.6.